The molecule has 4 nitrogen and oxygen atoms in total. The number of anilines is 1. The largest absolute Gasteiger partial charge is 0.493 e. The van der Waals surface area contributed by atoms with E-state index in [1.54, 1.807) is 14.2 Å². The number of hydrogen-bond donors (Lipinski definition) is 2. The first-order chi connectivity index (χ1) is 10.2. The SMILES string of the molecule is COc1cccc(/C=C2/c3ccccc3NC2O)c1OC. The molecule has 0 fully saturated rings. The molecule has 1 aliphatic heterocycles. The van der Waals surface area contributed by atoms with Crippen molar-refractivity contribution in [2.24, 2.45) is 0 Å². The van der Waals surface area contributed by atoms with Crippen molar-refractivity contribution in [2.45, 2.75) is 6.23 Å². The fourth-order valence-corrected chi connectivity index (χ4v) is 2.58. The van der Waals surface area contributed by atoms with Crippen LogP contribution in [0.5, 0.6) is 11.5 Å². The van der Waals surface area contributed by atoms with Crippen LogP contribution in [0.25, 0.3) is 11.6 Å². The molecular formula is C17H17NO3. The quantitative estimate of drug-likeness (QED) is 0.909. The van der Waals surface area contributed by atoms with Crippen molar-refractivity contribution in [3.05, 3.63) is 53.6 Å². The Morgan fingerprint density at radius 2 is 1.86 bits per heavy atom. The van der Waals surface area contributed by atoms with Crippen LogP contribution in [-0.4, -0.2) is 25.6 Å². The van der Waals surface area contributed by atoms with Gasteiger partial charge in [-0.2, -0.15) is 0 Å². The van der Waals surface area contributed by atoms with Crippen LogP contribution in [-0.2, 0) is 0 Å². The van der Waals surface area contributed by atoms with Gasteiger partial charge in [0.25, 0.3) is 0 Å². The van der Waals surface area contributed by atoms with Crippen molar-refractivity contribution in [2.75, 3.05) is 19.5 Å². The van der Waals surface area contributed by atoms with Crippen LogP contribution < -0.4 is 14.8 Å². The summed E-state index contributed by atoms with van der Waals surface area (Å²) in [7, 11) is 3.22. The predicted molar refractivity (Wildman–Crippen MR) is 83.5 cm³/mol. The summed E-state index contributed by atoms with van der Waals surface area (Å²) in [6, 6.07) is 13.5. The van der Waals surface area contributed by atoms with Gasteiger partial charge in [-0.25, -0.2) is 0 Å². The van der Waals surface area contributed by atoms with Crippen LogP contribution in [0.4, 0.5) is 5.69 Å². The zero-order chi connectivity index (χ0) is 14.8. The number of ether oxygens (including phenoxy) is 2. The Bertz CT molecular complexity index is 694. The lowest BCUT2D eigenvalue weighted by molar-refractivity contribution is 0.266. The van der Waals surface area contributed by atoms with Crippen LogP contribution >= 0.6 is 0 Å². The van der Waals surface area contributed by atoms with Crippen molar-refractivity contribution in [3.8, 4) is 11.5 Å². The van der Waals surface area contributed by atoms with E-state index >= 15 is 0 Å². The number of methoxy groups -OCH3 is 2. The molecule has 1 aliphatic rings. The van der Waals surface area contributed by atoms with Gasteiger partial charge in [-0.1, -0.05) is 30.3 Å². The standard InChI is InChI=1S/C17H17NO3/c1-20-15-9-5-6-11(16(15)21-2)10-13-12-7-3-4-8-14(12)18-17(13)19/h3-10,17-19H,1-2H3/b13-10-. The van der Waals surface area contributed by atoms with E-state index in [0.29, 0.717) is 11.5 Å². The molecule has 2 N–H and O–H groups in total. The number of hydrogen-bond acceptors (Lipinski definition) is 4. The van der Waals surface area contributed by atoms with Crippen molar-refractivity contribution < 1.29 is 14.6 Å². The molecule has 1 heterocycles. The maximum atomic E-state index is 10.2. The number of nitrogens with one attached hydrogen (secondary N) is 1. The van der Waals surface area contributed by atoms with E-state index in [2.05, 4.69) is 5.32 Å². The van der Waals surface area contributed by atoms with Gasteiger partial charge in [0.2, 0.25) is 0 Å². The van der Waals surface area contributed by atoms with Gasteiger partial charge in [-0.15, -0.1) is 0 Å². The summed E-state index contributed by atoms with van der Waals surface area (Å²) < 4.78 is 10.7. The molecule has 0 saturated heterocycles. The molecule has 108 valence electrons. The zero-order valence-electron chi connectivity index (χ0n) is 12.0. The first-order valence-corrected chi connectivity index (χ1v) is 6.71. The van der Waals surface area contributed by atoms with Crippen LogP contribution in [0.15, 0.2) is 42.5 Å². The van der Waals surface area contributed by atoms with Crippen molar-refractivity contribution in [1.82, 2.24) is 0 Å². The lowest BCUT2D eigenvalue weighted by Crippen LogP contribution is -2.12. The Morgan fingerprint density at radius 3 is 2.62 bits per heavy atom. The Morgan fingerprint density at radius 1 is 1.05 bits per heavy atom. The number of fused-ring (bicyclic) bond motifs is 1. The zero-order valence-corrected chi connectivity index (χ0v) is 12.0. The van der Waals surface area contributed by atoms with Crippen LogP contribution in [0.1, 0.15) is 11.1 Å². The van der Waals surface area contributed by atoms with E-state index in [0.717, 1.165) is 22.4 Å². The molecule has 0 saturated carbocycles. The maximum Gasteiger partial charge on any atom is 0.167 e. The molecule has 0 aromatic heterocycles. The highest BCUT2D eigenvalue weighted by Crippen LogP contribution is 2.38. The Hall–Kier alpha value is -2.46. The minimum Gasteiger partial charge on any atom is -0.493 e. The second-order valence-corrected chi connectivity index (χ2v) is 4.77. The van der Waals surface area contributed by atoms with Gasteiger partial charge in [0.1, 0.15) is 0 Å². The van der Waals surface area contributed by atoms with Gasteiger partial charge in [0.15, 0.2) is 17.7 Å². The molecule has 0 bridgehead atoms. The van der Waals surface area contributed by atoms with Crippen molar-refractivity contribution >= 4 is 17.3 Å². The van der Waals surface area contributed by atoms with Crippen LogP contribution in [0.3, 0.4) is 0 Å². The normalized spacial score (nSPS) is 18.2. The van der Waals surface area contributed by atoms with Crippen LogP contribution in [0.2, 0.25) is 0 Å². The molecule has 21 heavy (non-hydrogen) atoms. The number of rotatable bonds is 3. The smallest absolute Gasteiger partial charge is 0.167 e. The molecule has 1 unspecified atom stereocenters. The highest BCUT2D eigenvalue weighted by atomic mass is 16.5. The third-order valence-electron chi connectivity index (χ3n) is 3.57. The van der Waals surface area contributed by atoms with E-state index in [1.807, 2.05) is 48.5 Å². The van der Waals surface area contributed by atoms with Gasteiger partial charge >= 0.3 is 0 Å². The monoisotopic (exact) mass is 283 g/mol. The van der Waals surface area contributed by atoms with Crippen LogP contribution in [0, 0.1) is 0 Å². The molecule has 1 atom stereocenters. The molecular weight excluding hydrogens is 266 g/mol. The third-order valence-corrected chi connectivity index (χ3v) is 3.57. The lowest BCUT2D eigenvalue weighted by atomic mass is 10.0. The number of aliphatic hydroxyl groups excluding tert-OH is 1. The average molecular weight is 283 g/mol. The van der Waals surface area contributed by atoms with E-state index in [4.69, 9.17) is 9.47 Å². The summed E-state index contributed by atoms with van der Waals surface area (Å²) >= 11 is 0. The molecule has 4 heteroatoms. The summed E-state index contributed by atoms with van der Waals surface area (Å²) in [5.41, 5.74) is 3.61. The second-order valence-electron chi connectivity index (χ2n) is 4.77. The Kier molecular flexibility index (Phi) is 3.54. The fourth-order valence-electron chi connectivity index (χ4n) is 2.58. The molecule has 0 spiro atoms. The van der Waals surface area contributed by atoms with E-state index in [9.17, 15) is 5.11 Å². The maximum absolute atomic E-state index is 10.2. The summed E-state index contributed by atoms with van der Waals surface area (Å²) in [6.07, 6.45) is 1.20. The molecule has 0 aliphatic carbocycles. The molecule has 3 rings (SSSR count). The van der Waals surface area contributed by atoms with Gasteiger partial charge in [-0.05, 0) is 18.2 Å². The summed E-state index contributed by atoms with van der Waals surface area (Å²) in [6.45, 7) is 0. The average Bonchev–Trinajstić information content (AvgIpc) is 2.83. The molecule has 0 radical (unpaired) electrons. The minimum absolute atomic E-state index is 0.657. The van der Waals surface area contributed by atoms with E-state index in [-0.39, 0.29) is 0 Å². The Balaban J connectivity index is 2.11. The first-order valence-electron chi connectivity index (χ1n) is 6.71. The summed E-state index contributed by atoms with van der Waals surface area (Å²) in [5.74, 6) is 1.32. The fraction of sp³-hybridized carbons (Fsp3) is 0.176. The van der Waals surface area contributed by atoms with Crippen molar-refractivity contribution in [3.63, 3.8) is 0 Å². The van der Waals surface area contributed by atoms with Gasteiger partial charge in [0, 0.05) is 22.4 Å². The highest BCUT2D eigenvalue weighted by Gasteiger charge is 2.24. The third kappa shape index (κ3) is 2.34. The topological polar surface area (TPSA) is 50.7 Å². The highest BCUT2D eigenvalue weighted by molar-refractivity contribution is 5.94. The number of para-hydroxylation sites is 2. The second kappa shape index (κ2) is 5.50. The summed E-state index contributed by atoms with van der Waals surface area (Å²) in [4.78, 5) is 0. The number of benzene rings is 2. The predicted octanol–water partition coefficient (Wildman–Crippen LogP) is 2.99. The molecule has 0 amide bonds. The Labute approximate surface area is 123 Å². The first kappa shape index (κ1) is 13.5. The van der Waals surface area contributed by atoms with E-state index in [1.165, 1.54) is 0 Å². The lowest BCUT2D eigenvalue weighted by Gasteiger charge is -2.12. The van der Waals surface area contributed by atoms with E-state index < -0.39 is 6.23 Å². The molecule has 2 aromatic rings. The molecule has 2 aromatic carbocycles. The number of aliphatic hydroxyl groups is 1. The van der Waals surface area contributed by atoms with Crippen molar-refractivity contribution in [1.29, 1.82) is 0 Å². The van der Waals surface area contributed by atoms with Gasteiger partial charge in [-0.3, -0.25) is 0 Å². The minimum atomic E-state index is -0.724. The van der Waals surface area contributed by atoms with Gasteiger partial charge in [0.05, 0.1) is 14.2 Å². The summed E-state index contributed by atoms with van der Waals surface area (Å²) in [5, 5.41) is 13.3. The van der Waals surface area contributed by atoms with Gasteiger partial charge < -0.3 is 19.9 Å².